The fourth-order valence-electron chi connectivity index (χ4n) is 2.49. The van der Waals surface area contributed by atoms with Gasteiger partial charge in [-0.25, -0.2) is 0 Å². The van der Waals surface area contributed by atoms with Gasteiger partial charge in [-0.2, -0.15) is 0 Å². The van der Waals surface area contributed by atoms with Crippen molar-refractivity contribution in [1.29, 1.82) is 0 Å². The van der Waals surface area contributed by atoms with Gasteiger partial charge < -0.3 is 10.0 Å². The van der Waals surface area contributed by atoms with Crippen molar-refractivity contribution in [2.24, 2.45) is 5.92 Å². The highest BCUT2D eigenvalue weighted by Gasteiger charge is 2.33. The molecule has 3 nitrogen and oxygen atoms in total. The van der Waals surface area contributed by atoms with Gasteiger partial charge in [0.2, 0.25) is 0 Å². The van der Waals surface area contributed by atoms with E-state index >= 15 is 0 Å². The van der Waals surface area contributed by atoms with E-state index in [2.05, 4.69) is 37.7 Å². The second kappa shape index (κ2) is 5.99. The fourth-order valence-corrected chi connectivity index (χ4v) is 2.49. The lowest BCUT2D eigenvalue weighted by molar-refractivity contribution is 0.0242. The highest BCUT2D eigenvalue weighted by molar-refractivity contribution is 4.88. The molecule has 1 aliphatic rings. The molecule has 0 aromatic rings. The first-order chi connectivity index (χ1) is 7.45. The van der Waals surface area contributed by atoms with Crippen LogP contribution in [0.3, 0.4) is 0 Å². The zero-order chi connectivity index (χ0) is 12.2. The molecule has 0 aliphatic carbocycles. The molecule has 3 heteroatoms. The van der Waals surface area contributed by atoms with Gasteiger partial charge >= 0.3 is 0 Å². The molecule has 96 valence electrons. The third-order valence-corrected chi connectivity index (χ3v) is 3.79. The van der Waals surface area contributed by atoms with Crippen LogP contribution in [-0.2, 0) is 0 Å². The Morgan fingerprint density at radius 3 is 2.62 bits per heavy atom. The molecular weight excluding hydrogens is 200 g/mol. The van der Waals surface area contributed by atoms with Crippen LogP contribution in [0, 0.1) is 5.92 Å². The Bertz CT molecular complexity index is 204. The number of piperidine rings is 1. The van der Waals surface area contributed by atoms with Crippen molar-refractivity contribution in [1.82, 2.24) is 9.80 Å². The Morgan fingerprint density at radius 2 is 2.06 bits per heavy atom. The van der Waals surface area contributed by atoms with Gasteiger partial charge in [-0.05, 0) is 66.2 Å². The summed E-state index contributed by atoms with van der Waals surface area (Å²) in [6.45, 7) is 8.38. The monoisotopic (exact) mass is 228 g/mol. The van der Waals surface area contributed by atoms with Gasteiger partial charge in [0.05, 0.1) is 0 Å². The van der Waals surface area contributed by atoms with Crippen LogP contribution in [-0.4, -0.2) is 60.8 Å². The smallest absolute Gasteiger partial charge is 0.0471 e. The predicted molar refractivity (Wildman–Crippen MR) is 68.6 cm³/mol. The summed E-state index contributed by atoms with van der Waals surface area (Å²) < 4.78 is 0. The summed E-state index contributed by atoms with van der Waals surface area (Å²) in [5, 5.41) is 9.26. The first-order valence-corrected chi connectivity index (χ1v) is 6.46. The molecule has 0 amide bonds. The van der Waals surface area contributed by atoms with Gasteiger partial charge in [-0.1, -0.05) is 0 Å². The minimum absolute atomic E-state index is 0.317. The summed E-state index contributed by atoms with van der Waals surface area (Å²) in [6.07, 6.45) is 3.60. The average Bonchev–Trinajstić information content (AvgIpc) is 2.20. The van der Waals surface area contributed by atoms with Crippen LogP contribution in [0.15, 0.2) is 0 Å². The van der Waals surface area contributed by atoms with Gasteiger partial charge in [-0.3, -0.25) is 4.90 Å². The number of hydrogen-bond donors (Lipinski definition) is 1. The molecule has 1 N–H and O–H groups in total. The van der Waals surface area contributed by atoms with Gasteiger partial charge in [0.25, 0.3) is 0 Å². The number of likely N-dealkylation sites (tertiary alicyclic amines) is 1. The Labute approximate surface area is 100 Å². The third kappa shape index (κ3) is 4.04. The van der Waals surface area contributed by atoms with Crippen LogP contribution in [0.1, 0.15) is 33.1 Å². The van der Waals surface area contributed by atoms with E-state index in [0.717, 1.165) is 19.6 Å². The van der Waals surface area contributed by atoms with E-state index in [-0.39, 0.29) is 0 Å². The summed E-state index contributed by atoms with van der Waals surface area (Å²) in [4.78, 5) is 4.79. The molecule has 0 bridgehead atoms. The molecule has 1 heterocycles. The summed E-state index contributed by atoms with van der Waals surface area (Å²) in [7, 11) is 4.25. The Morgan fingerprint density at radius 1 is 1.38 bits per heavy atom. The Balaban J connectivity index is 2.40. The lowest BCUT2D eigenvalue weighted by atomic mass is 9.85. The first kappa shape index (κ1) is 13.9. The van der Waals surface area contributed by atoms with Crippen LogP contribution in [0.5, 0.6) is 0 Å². The molecule has 0 aromatic carbocycles. The molecule has 16 heavy (non-hydrogen) atoms. The molecule has 0 saturated carbocycles. The molecule has 1 aliphatic heterocycles. The minimum atomic E-state index is 0.317. The first-order valence-electron chi connectivity index (χ1n) is 6.46. The van der Waals surface area contributed by atoms with Crippen LogP contribution < -0.4 is 0 Å². The number of nitrogens with zero attached hydrogens (tertiary/aromatic N) is 2. The van der Waals surface area contributed by atoms with Crippen LogP contribution >= 0.6 is 0 Å². The third-order valence-electron chi connectivity index (χ3n) is 3.79. The number of aliphatic hydroxyl groups is 1. The second-order valence-electron chi connectivity index (χ2n) is 6.00. The Hall–Kier alpha value is -0.120. The van der Waals surface area contributed by atoms with Crippen molar-refractivity contribution < 1.29 is 5.11 Å². The standard InChI is InChI=1S/C13H28N2O/c1-13(2)7-6-12(11-16)10-15(13)9-5-8-14(3)4/h12,16H,5-11H2,1-4H3. The quantitative estimate of drug-likeness (QED) is 0.771. The second-order valence-corrected chi connectivity index (χ2v) is 6.00. The zero-order valence-corrected chi connectivity index (χ0v) is 11.4. The van der Waals surface area contributed by atoms with E-state index in [4.69, 9.17) is 0 Å². The van der Waals surface area contributed by atoms with E-state index in [9.17, 15) is 5.11 Å². The zero-order valence-electron chi connectivity index (χ0n) is 11.4. The molecule has 1 fully saturated rings. The Kier molecular flexibility index (Phi) is 5.22. The van der Waals surface area contributed by atoms with Crippen LogP contribution in [0.25, 0.3) is 0 Å². The summed E-state index contributed by atoms with van der Waals surface area (Å²) >= 11 is 0. The maximum absolute atomic E-state index is 9.26. The van der Waals surface area contributed by atoms with Crippen LogP contribution in [0.2, 0.25) is 0 Å². The molecule has 0 spiro atoms. The minimum Gasteiger partial charge on any atom is -0.396 e. The molecule has 1 rings (SSSR count). The van der Waals surface area contributed by atoms with E-state index in [1.165, 1.54) is 19.3 Å². The predicted octanol–water partition coefficient (Wildman–Crippen LogP) is 1.42. The number of hydrogen-bond acceptors (Lipinski definition) is 3. The number of aliphatic hydroxyl groups excluding tert-OH is 1. The van der Waals surface area contributed by atoms with Crippen molar-refractivity contribution in [2.45, 2.75) is 38.6 Å². The molecular formula is C13H28N2O. The van der Waals surface area contributed by atoms with Gasteiger partial charge in [0.1, 0.15) is 0 Å². The van der Waals surface area contributed by atoms with E-state index in [0.29, 0.717) is 18.1 Å². The van der Waals surface area contributed by atoms with Crippen molar-refractivity contribution in [3.63, 3.8) is 0 Å². The normalized spacial score (nSPS) is 26.2. The van der Waals surface area contributed by atoms with Crippen molar-refractivity contribution in [3.8, 4) is 0 Å². The molecule has 0 aromatic heterocycles. The highest BCUT2D eigenvalue weighted by atomic mass is 16.3. The van der Waals surface area contributed by atoms with E-state index in [1.807, 2.05) is 0 Å². The van der Waals surface area contributed by atoms with E-state index < -0.39 is 0 Å². The summed E-state index contributed by atoms with van der Waals surface area (Å²) in [5.74, 6) is 0.493. The number of rotatable bonds is 5. The molecule has 1 atom stereocenters. The summed E-state index contributed by atoms with van der Waals surface area (Å²) in [6, 6.07) is 0. The SMILES string of the molecule is CN(C)CCCN1CC(CO)CCC1(C)C. The van der Waals surface area contributed by atoms with E-state index in [1.54, 1.807) is 0 Å². The lowest BCUT2D eigenvalue weighted by Crippen LogP contribution is -2.51. The molecule has 0 radical (unpaired) electrons. The average molecular weight is 228 g/mol. The summed E-state index contributed by atoms with van der Waals surface area (Å²) in [5.41, 5.74) is 0.317. The van der Waals surface area contributed by atoms with Crippen molar-refractivity contribution >= 4 is 0 Å². The maximum atomic E-state index is 9.26. The maximum Gasteiger partial charge on any atom is 0.0471 e. The van der Waals surface area contributed by atoms with Crippen molar-refractivity contribution in [3.05, 3.63) is 0 Å². The van der Waals surface area contributed by atoms with Gasteiger partial charge in [-0.15, -0.1) is 0 Å². The fraction of sp³-hybridized carbons (Fsp3) is 1.00. The molecule has 1 saturated heterocycles. The highest BCUT2D eigenvalue weighted by Crippen LogP contribution is 2.30. The molecule has 1 unspecified atom stereocenters. The van der Waals surface area contributed by atoms with Crippen molar-refractivity contribution in [2.75, 3.05) is 40.3 Å². The largest absolute Gasteiger partial charge is 0.396 e. The van der Waals surface area contributed by atoms with Gasteiger partial charge in [0.15, 0.2) is 0 Å². The topological polar surface area (TPSA) is 26.7 Å². The van der Waals surface area contributed by atoms with Crippen LogP contribution in [0.4, 0.5) is 0 Å². The van der Waals surface area contributed by atoms with Gasteiger partial charge in [0, 0.05) is 18.7 Å². The lowest BCUT2D eigenvalue weighted by Gasteiger charge is -2.45.